The lowest BCUT2D eigenvalue weighted by atomic mass is 10.2. The van der Waals surface area contributed by atoms with Crippen LogP contribution in [-0.4, -0.2) is 42.1 Å². The van der Waals surface area contributed by atoms with Gasteiger partial charge in [0.05, 0.1) is 17.9 Å². The lowest BCUT2D eigenvalue weighted by Gasteiger charge is -2.21. The molecule has 1 heterocycles. The van der Waals surface area contributed by atoms with E-state index in [-0.39, 0.29) is 6.54 Å². The number of likely N-dealkylation sites (N-methyl/N-ethyl adjacent to an activating group) is 1. The van der Waals surface area contributed by atoms with Crippen LogP contribution in [0.1, 0.15) is 12.5 Å². The van der Waals surface area contributed by atoms with E-state index in [4.69, 9.17) is 0 Å². The molecule has 29 heavy (non-hydrogen) atoms. The Hall–Kier alpha value is -3.04. The average Bonchev–Trinajstić information content (AvgIpc) is 3.16. The first-order chi connectivity index (χ1) is 13.8. The Labute approximate surface area is 168 Å². The van der Waals surface area contributed by atoms with Crippen LogP contribution in [0, 0.1) is 5.82 Å². The van der Waals surface area contributed by atoms with Crippen molar-refractivity contribution < 1.29 is 17.6 Å². The van der Waals surface area contributed by atoms with Gasteiger partial charge in [0.2, 0.25) is 15.9 Å². The topological polar surface area (TPSA) is 84.3 Å². The zero-order valence-corrected chi connectivity index (χ0v) is 16.8. The number of halogens is 1. The number of benzene rings is 2. The fourth-order valence-electron chi connectivity index (χ4n) is 2.86. The van der Waals surface area contributed by atoms with Crippen molar-refractivity contribution in [2.24, 2.45) is 0 Å². The van der Waals surface area contributed by atoms with Gasteiger partial charge in [-0.2, -0.15) is 9.82 Å². The maximum absolute atomic E-state index is 13.8. The molecule has 3 aromatic rings. The number of amides is 1. The summed E-state index contributed by atoms with van der Waals surface area (Å²) in [5.41, 5.74) is 1.67. The standard InChI is InChI=1S/C20H21FN4O3S/c1-15(23-29(27,28)19-11-7-6-10-18(19)21)20(26)24(2)13-16-12-22-25(14-16)17-8-4-3-5-9-17/h3-12,14-15,23H,13H2,1-2H3/t15-/m0/s1. The molecule has 1 atom stereocenters. The highest BCUT2D eigenvalue weighted by Crippen LogP contribution is 2.14. The van der Waals surface area contributed by atoms with Crippen molar-refractivity contribution in [3.05, 3.63) is 78.4 Å². The monoisotopic (exact) mass is 416 g/mol. The second kappa shape index (κ2) is 8.54. The number of hydrogen-bond acceptors (Lipinski definition) is 4. The second-order valence-corrected chi connectivity index (χ2v) is 8.28. The summed E-state index contributed by atoms with van der Waals surface area (Å²) in [5.74, 6) is -1.32. The third kappa shape index (κ3) is 4.87. The SMILES string of the molecule is C[C@H](NS(=O)(=O)c1ccccc1F)C(=O)N(C)Cc1cnn(-c2ccccc2)c1. The molecule has 0 fully saturated rings. The van der Waals surface area contributed by atoms with Crippen LogP contribution in [-0.2, 0) is 21.4 Å². The van der Waals surface area contributed by atoms with E-state index in [9.17, 15) is 17.6 Å². The average molecular weight is 416 g/mol. The minimum Gasteiger partial charge on any atom is -0.340 e. The molecule has 3 rings (SSSR count). The summed E-state index contributed by atoms with van der Waals surface area (Å²) in [6.45, 7) is 1.67. The van der Waals surface area contributed by atoms with Crippen molar-refractivity contribution >= 4 is 15.9 Å². The summed E-state index contributed by atoms with van der Waals surface area (Å²) < 4.78 is 42.5. The summed E-state index contributed by atoms with van der Waals surface area (Å²) in [5, 5.41) is 4.28. The van der Waals surface area contributed by atoms with Gasteiger partial charge < -0.3 is 4.90 Å². The molecule has 0 aliphatic carbocycles. The zero-order chi connectivity index (χ0) is 21.0. The Bertz CT molecular complexity index is 1100. The molecule has 0 spiro atoms. The van der Waals surface area contributed by atoms with E-state index in [2.05, 4.69) is 9.82 Å². The molecular formula is C20H21FN4O3S. The van der Waals surface area contributed by atoms with Crippen LogP contribution in [0.25, 0.3) is 5.69 Å². The van der Waals surface area contributed by atoms with E-state index >= 15 is 0 Å². The van der Waals surface area contributed by atoms with Gasteiger partial charge in [-0.15, -0.1) is 0 Å². The van der Waals surface area contributed by atoms with Gasteiger partial charge in [0.1, 0.15) is 10.7 Å². The number of carbonyl (C=O) groups is 1. The predicted molar refractivity (Wildman–Crippen MR) is 106 cm³/mol. The van der Waals surface area contributed by atoms with E-state index in [1.807, 2.05) is 30.3 Å². The quantitative estimate of drug-likeness (QED) is 0.641. The number of nitrogens with one attached hydrogen (secondary N) is 1. The van der Waals surface area contributed by atoms with Crippen LogP contribution in [0.4, 0.5) is 4.39 Å². The Morgan fingerprint density at radius 1 is 1.17 bits per heavy atom. The van der Waals surface area contributed by atoms with Crippen molar-refractivity contribution in [2.45, 2.75) is 24.4 Å². The van der Waals surface area contributed by atoms with Crippen molar-refractivity contribution in [1.82, 2.24) is 19.4 Å². The summed E-state index contributed by atoms with van der Waals surface area (Å²) in [6, 6.07) is 13.5. The fourth-order valence-corrected chi connectivity index (χ4v) is 4.13. The second-order valence-electron chi connectivity index (χ2n) is 6.60. The van der Waals surface area contributed by atoms with Gasteiger partial charge in [-0.05, 0) is 31.2 Å². The van der Waals surface area contributed by atoms with Gasteiger partial charge in [0.15, 0.2) is 0 Å². The predicted octanol–water partition coefficient (Wildman–Crippen LogP) is 2.34. The maximum atomic E-state index is 13.8. The van der Waals surface area contributed by atoms with Crippen LogP contribution in [0.3, 0.4) is 0 Å². The van der Waals surface area contributed by atoms with Crippen molar-refractivity contribution in [2.75, 3.05) is 7.05 Å². The van der Waals surface area contributed by atoms with Crippen LogP contribution >= 0.6 is 0 Å². The zero-order valence-electron chi connectivity index (χ0n) is 16.0. The third-order valence-electron chi connectivity index (χ3n) is 4.28. The Balaban J connectivity index is 1.66. The first kappa shape index (κ1) is 20.7. The van der Waals surface area contributed by atoms with E-state index < -0.39 is 32.7 Å². The van der Waals surface area contributed by atoms with E-state index in [0.717, 1.165) is 23.4 Å². The Kier molecular flexibility index (Phi) is 6.09. The molecule has 0 aliphatic rings. The summed E-state index contributed by atoms with van der Waals surface area (Å²) in [4.78, 5) is 13.5. The van der Waals surface area contributed by atoms with E-state index in [0.29, 0.717) is 0 Å². The Morgan fingerprint density at radius 3 is 2.52 bits per heavy atom. The highest BCUT2D eigenvalue weighted by Gasteiger charge is 2.26. The smallest absolute Gasteiger partial charge is 0.244 e. The van der Waals surface area contributed by atoms with Crippen molar-refractivity contribution in [1.29, 1.82) is 0 Å². The van der Waals surface area contributed by atoms with E-state index in [1.165, 1.54) is 24.0 Å². The van der Waals surface area contributed by atoms with Gasteiger partial charge in [-0.1, -0.05) is 30.3 Å². The summed E-state index contributed by atoms with van der Waals surface area (Å²) in [7, 11) is -2.60. The van der Waals surface area contributed by atoms with Crippen molar-refractivity contribution in [3.8, 4) is 5.69 Å². The molecular weight excluding hydrogens is 395 g/mol. The minimum absolute atomic E-state index is 0.247. The van der Waals surface area contributed by atoms with Gasteiger partial charge in [-0.25, -0.2) is 17.5 Å². The normalized spacial score (nSPS) is 12.5. The minimum atomic E-state index is -4.16. The summed E-state index contributed by atoms with van der Waals surface area (Å²) >= 11 is 0. The number of rotatable bonds is 7. The van der Waals surface area contributed by atoms with Gasteiger partial charge in [0, 0.05) is 25.4 Å². The molecule has 0 saturated carbocycles. The highest BCUT2D eigenvalue weighted by molar-refractivity contribution is 7.89. The van der Waals surface area contributed by atoms with Crippen LogP contribution in [0.2, 0.25) is 0 Å². The van der Waals surface area contributed by atoms with Crippen LogP contribution in [0.15, 0.2) is 71.9 Å². The number of aromatic nitrogens is 2. The summed E-state index contributed by atoms with van der Waals surface area (Å²) in [6.07, 6.45) is 3.44. The molecule has 9 heteroatoms. The first-order valence-electron chi connectivity index (χ1n) is 8.89. The molecule has 1 N–H and O–H groups in total. The number of hydrogen-bond donors (Lipinski definition) is 1. The lowest BCUT2D eigenvalue weighted by molar-refractivity contribution is -0.131. The molecule has 0 radical (unpaired) electrons. The lowest BCUT2D eigenvalue weighted by Crippen LogP contribution is -2.45. The van der Waals surface area contributed by atoms with Crippen LogP contribution in [0.5, 0.6) is 0 Å². The molecule has 0 saturated heterocycles. The van der Waals surface area contributed by atoms with E-state index in [1.54, 1.807) is 24.1 Å². The number of sulfonamides is 1. The molecule has 7 nitrogen and oxygen atoms in total. The molecule has 1 amide bonds. The van der Waals surface area contributed by atoms with Crippen LogP contribution < -0.4 is 4.72 Å². The molecule has 152 valence electrons. The number of carbonyl (C=O) groups excluding carboxylic acids is 1. The van der Waals surface area contributed by atoms with Gasteiger partial charge in [0.25, 0.3) is 0 Å². The fraction of sp³-hybridized carbons (Fsp3) is 0.200. The number of nitrogens with zero attached hydrogens (tertiary/aromatic N) is 3. The molecule has 1 aromatic heterocycles. The third-order valence-corrected chi connectivity index (χ3v) is 5.86. The molecule has 2 aromatic carbocycles. The van der Waals surface area contributed by atoms with Crippen molar-refractivity contribution in [3.63, 3.8) is 0 Å². The largest absolute Gasteiger partial charge is 0.340 e. The Morgan fingerprint density at radius 2 is 1.83 bits per heavy atom. The van der Waals surface area contributed by atoms with Gasteiger partial charge >= 0.3 is 0 Å². The molecule has 0 unspecified atom stereocenters. The first-order valence-corrected chi connectivity index (χ1v) is 10.4. The highest BCUT2D eigenvalue weighted by atomic mass is 32.2. The van der Waals surface area contributed by atoms with Gasteiger partial charge in [-0.3, -0.25) is 4.79 Å². The number of para-hydroxylation sites is 1. The maximum Gasteiger partial charge on any atom is 0.244 e. The molecule has 0 aliphatic heterocycles. The molecule has 0 bridgehead atoms.